The Kier molecular flexibility index (Phi) is 3.96. The lowest BCUT2D eigenvalue weighted by atomic mass is 10.3. The second-order valence-electron chi connectivity index (χ2n) is 2.84. The van der Waals surface area contributed by atoms with E-state index in [-0.39, 0.29) is 5.96 Å². The van der Waals surface area contributed by atoms with Crippen LogP contribution < -0.4 is 21.1 Å². The Balaban J connectivity index is 2.71. The van der Waals surface area contributed by atoms with Crippen LogP contribution in [-0.4, -0.2) is 19.1 Å². The highest BCUT2D eigenvalue weighted by Gasteiger charge is 2.04. The van der Waals surface area contributed by atoms with Crippen molar-refractivity contribution in [1.82, 2.24) is 5.32 Å². The number of urea groups is 1. The Morgan fingerprint density at radius 2 is 2.25 bits per heavy atom. The van der Waals surface area contributed by atoms with E-state index in [1.165, 1.54) is 7.11 Å². The van der Waals surface area contributed by atoms with Crippen LogP contribution in [0.25, 0.3) is 0 Å². The van der Waals surface area contributed by atoms with E-state index >= 15 is 0 Å². The lowest BCUT2D eigenvalue weighted by Gasteiger charge is -2.09. The molecule has 0 atom stereocenters. The quantitative estimate of drug-likeness (QED) is 0.465. The first kappa shape index (κ1) is 12.1. The van der Waals surface area contributed by atoms with Crippen LogP contribution in [-0.2, 0) is 0 Å². The van der Waals surface area contributed by atoms with Gasteiger partial charge in [-0.1, -0.05) is 11.6 Å². The van der Waals surface area contributed by atoms with Crippen LogP contribution in [0.2, 0.25) is 5.02 Å². The zero-order valence-electron chi connectivity index (χ0n) is 8.50. The number of benzene rings is 1. The summed E-state index contributed by atoms with van der Waals surface area (Å²) in [6, 6.07) is 4.05. The van der Waals surface area contributed by atoms with Crippen molar-refractivity contribution in [2.24, 2.45) is 5.73 Å². The summed E-state index contributed by atoms with van der Waals surface area (Å²) in [6.45, 7) is 0. The minimum absolute atomic E-state index is 0.228. The second-order valence-corrected chi connectivity index (χ2v) is 3.25. The van der Waals surface area contributed by atoms with Gasteiger partial charge in [0.25, 0.3) is 0 Å². The van der Waals surface area contributed by atoms with Crippen molar-refractivity contribution in [3.05, 3.63) is 23.2 Å². The Morgan fingerprint density at radius 1 is 1.56 bits per heavy atom. The van der Waals surface area contributed by atoms with Crippen LogP contribution in [0.3, 0.4) is 0 Å². The number of halogens is 1. The largest absolute Gasteiger partial charge is 0.495 e. The van der Waals surface area contributed by atoms with Crippen molar-refractivity contribution in [1.29, 1.82) is 5.41 Å². The number of rotatable bonds is 2. The van der Waals surface area contributed by atoms with Crippen molar-refractivity contribution < 1.29 is 9.53 Å². The molecule has 6 nitrogen and oxygen atoms in total. The molecule has 1 rings (SSSR count). The van der Waals surface area contributed by atoms with Crippen LogP contribution >= 0.6 is 11.6 Å². The summed E-state index contributed by atoms with van der Waals surface area (Å²) in [5.41, 5.74) is 5.39. The molecule has 1 aromatic rings. The van der Waals surface area contributed by atoms with Crippen molar-refractivity contribution in [3.63, 3.8) is 0 Å². The van der Waals surface area contributed by atoms with Gasteiger partial charge >= 0.3 is 6.03 Å². The number of guanidine groups is 1. The Hall–Kier alpha value is -1.95. The number of anilines is 1. The van der Waals surface area contributed by atoms with Gasteiger partial charge < -0.3 is 15.8 Å². The molecule has 0 heterocycles. The molecule has 2 amide bonds. The zero-order valence-corrected chi connectivity index (χ0v) is 9.26. The van der Waals surface area contributed by atoms with Gasteiger partial charge in [0.1, 0.15) is 5.75 Å². The van der Waals surface area contributed by atoms with E-state index in [1.54, 1.807) is 18.2 Å². The summed E-state index contributed by atoms with van der Waals surface area (Å²) >= 11 is 5.87. The van der Waals surface area contributed by atoms with Gasteiger partial charge in [-0.2, -0.15) is 0 Å². The molecule has 0 saturated heterocycles. The van der Waals surface area contributed by atoms with Gasteiger partial charge in [0.2, 0.25) is 5.96 Å². The van der Waals surface area contributed by atoms with Crippen molar-refractivity contribution in [2.75, 3.05) is 12.4 Å². The summed E-state index contributed by atoms with van der Waals surface area (Å²) in [5.74, 6) is 0.301. The first-order chi connectivity index (χ1) is 7.52. The highest BCUT2D eigenvalue weighted by molar-refractivity contribution is 6.32. The Labute approximate surface area is 97.2 Å². The molecule has 0 aliphatic carbocycles. The number of methoxy groups -OCH3 is 1. The van der Waals surface area contributed by atoms with E-state index in [4.69, 9.17) is 27.5 Å². The molecule has 0 unspecified atom stereocenters. The van der Waals surface area contributed by atoms with Crippen molar-refractivity contribution in [2.45, 2.75) is 0 Å². The fourth-order valence-electron chi connectivity index (χ4n) is 1.04. The van der Waals surface area contributed by atoms with Crippen LogP contribution in [0.15, 0.2) is 18.2 Å². The molecule has 0 fully saturated rings. The third-order valence-electron chi connectivity index (χ3n) is 1.67. The van der Waals surface area contributed by atoms with Crippen LogP contribution in [0.1, 0.15) is 0 Å². The van der Waals surface area contributed by atoms with Gasteiger partial charge in [-0.3, -0.25) is 10.7 Å². The molecule has 5 N–H and O–H groups in total. The summed E-state index contributed by atoms with van der Waals surface area (Å²) in [5, 5.41) is 12.4. The molecule has 16 heavy (non-hydrogen) atoms. The number of primary amides is 1. The van der Waals surface area contributed by atoms with E-state index in [9.17, 15) is 4.79 Å². The number of carbonyl (C=O) groups is 1. The van der Waals surface area contributed by atoms with Crippen molar-refractivity contribution >= 4 is 29.3 Å². The van der Waals surface area contributed by atoms with Gasteiger partial charge in [0.15, 0.2) is 0 Å². The summed E-state index contributed by atoms with van der Waals surface area (Å²) in [7, 11) is 1.50. The molecular weight excluding hydrogens is 232 g/mol. The number of nitrogens with two attached hydrogens (primary N) is 1. The number of carbonyl (C=O) groups excluding carboxylic acids is 1. The molecule has 0 saturated carbocycles. The topological polar surface area (TPSA) is 100 Å². The Bertz CT molecular complexity index is 422. The summed E-state index contributed by atoms with van der Waals surface area (Å²) in [6.07, 6.45) is 0. The average molecular weight is 243 g/mol. The van der Waals surface area contributed by atoms with E-state index in [1.807, 2.05) is 0 Å². The van der Waals surface area contributed by atoms with Crippen LogP contribution in [0.4, 0.5) is 10.5 Å². The van der Waals surface area contributed by atoms with E-state index in [0.29, 0.717) is 16.5 Å². The maximum Gasteiger partial charge on any atom is 0.318 e. The fourth-order valence-corrected chi connectivity index (χ4v) is 1.30. The minimum Gasteiger partial charge on any atom is -0.495 e. The molecule has 86 valence electrons. The number of amides is 2. The maximum absolute atomic E-state index is 10.5. The standard InChI is InChI=1S/C9H11ClN4O2/c1-16-7-3-2-5(4-6(7)10)13-8(11)14-9(12)15/h2-4H,1H3,(H5,11,12,13,14,15). The molecule has 0 aromatic heterocycles. The molecule has 0 spiro atoms. The summed E-state index contributed by atoms with van der Waals surface area (Å²) in [4.78, 5) is 10.5. The Morgan fingerprint density at radius 3 is 2.75 bits per heavy atom. The number of hydrogen-bond donors (Lipinski definition) is 4. The van der Waals surface area contributed by atoms with Crippen LogP contribution in [0.5, 0.6) is 5.75 Å². The van der Waals surface area contributed by atoms with Gasteiger partial charge in [-0.15, -0.1) is 0 Å². The maximum atomic E-state index is 10.5. The molecule has 7 heteroatoms. The average Bonchev–Trinajstić information content (AvgIpc) is 2.16. The SMILES string of the molecule is COc1ccc(NC(=N)NC(N)=O)cc1Cl. The van der Waals surface area contributed by atoms with Crippen molar-refractivity contribution in [3.8, 4) is 5.75 Å². The van der Waals surface area contributed by atoms with Gasteiger partial charge in [0.05, 0.1) is 12.1 Å². The first-order valence-corrected chi connectivity index (χ1v) is 4.66. The highest BCUT2D eigenvalue weighted by atomic mass is 35.5. The predicted octanol–water partition coefficient (Wildman–Crippen LogP) is 1.36. The molecule has 0 aliphatic rings. The lowest BCUT2D eigenvalue weighted by molar-refractivity contribution is 0.253. The third-order valence-corrected chi connectivity index (χ3v) is 1.96. The lowest BCUT2D eigenvalue weighted by Crippen LogP contribution is -2.38. The van der Waals surface area contributed by atoms with Gasteiger partial charge in [0, 0.05) is 5.69 Å². The molecule has 0 aliphatic heterocycles. The zero-order chi connectivity index (χ0) is 12.1. The van der Waals surface area contributed by atoms with Gasteiger partial charge in [-0.25, -0.2) is 4.79 Å². The predicted molar refractivity (Wildman–Crippen MR) is 62.1 cm³/mol. The molecular formula is C9H11ClN4O2. The number of hydrogen-bond acceptors (Lipinski definition) is 3. The smallest absolute Gasteiger partial charge is 0.318 e. The minimum atomic E-state index is -0.808. The molecule has 0 bridgehead atoms. The number of nitrogens with one attached hydrogen (secondary N) is 3. The summed E-state index contributed by atoms with van der Waals surface area (Å²) < 4.78 is 4.97. The number of ether oxygens (including phenoxy) is 1. The third kappa shape index (κ3) is 3.32. The van der Waals surface area contributed by atoms with E-state index in [0.717, 1.165) is 0 Å². The molecule has 1 aromatic carbocycles. The first-order valence-electron chi connectivity index (χ1n) is 4.28. The van der Waals surface area contributed by atoms with Crippen LogP contribution in [0, 0.1) is 5.41 Å². The monoisotopic (exact) mass is 242 g/mol. The molecule has 0 radical (unpaired) electrons. The van der Waals surface area contributed by atoms with E-state index in [2.05, 4.69) is 10.6 Å². The highest BCUT2D eigenvalue weighted by Crippen LogP contribution is 2.26. The second kappa shape index (κ2) is 5.22. The fraction of sp³-hybridized carbons (Fsp3) is 0.111. The van der Waals surface area contributed by atoms with E-state index < -0.39 is 6.03 Å². The normalized spacial score (nSPS) is 9.38. The van der Waals surface area contributed by atoms with Gasteiger partial charge in [-0.05, 0) is 18.2 Å².